The van der Waals surface area contributed by atoms with Gasteiger partial charge in [-0.2, -0.15) is 0 Å². The van der Waals surface area contributed by atoms with E-state index in [0.29, 0.717) is 6.54 Å². The summed E-state index contributed by atoms with van der Waals surface area (Å²) < 4.78 is 2.73. The average molecular weight is 275 g/mol. The third-order valence-electron chi connectivity index (χ3n) is 2.54. The predicted molar refractivity (Wildman–Crippen MR) is 61.4 cm³/mol. The maximum atomic E-state index is 11.6. The van der Waals surface area contributed by atoms with Gasteiger partial charge in [0, 0.05) is 12.6 Å². The molecule has 0 aromatic rings. The van der Waals surface area contributed by atoms with Gasteiger partial charge in [-0.05, 0) is 60.5 Å². The van der Waals surface area contributed by atoms with Gasteiger partial charge in [-0.25, -0.2) is 4.79 Å². The monoisotopic (exact) mass is 273 g/mol. The molecule has 1 aliphatic rings. The van der Waals surface area contributed by atoms with Gasteiger partial charge in [0.05, 0.1) is 0 Å². The number of carbonyl (C=O) groups is 1. The van der Waals surface area contributed by atoms with Gasteiger partial charge in [0.1, 0.15) is 0 Å². The molecule has 1 fully saturated rings. The molecule has 1 aliphatic heterocycles. The molecule has 1 unspecified atom stereocenters. The number of hydrogen-bond acceptors (Lipinski definition) is 2. The third kappa shape index (κ3) is 4.25. The van der Waals surface area contributed by atoms with Crippen LogP contribution in [-0.4, -0.2) is 27.6 Å². The molecule has 1 rings (SSSR count). The van der Waals surface area contributed by atoms with Crippen molar-refractivity contribution in [1.29, 1.82) is 0 Å². The van der Waals surface area contributed by atoms with E-state index in [2.05, 4.69) is 0 Å². The van der Waals surface area contributed by atoms with E-state index in [-0.39, 0.29) is 6.04 Å². The van der Waals surface area contributed by atoms with Crippen molar-refractivity contribution in [1.82, 2.24) is 4.90 Å². The highest BCUT2D eigenvalue weighted by Crippen LogP contribution is 2.30. The van der Waals surface area contributed by atoms with E-state index in [1.54, 1.807) is 4.90 Å². The Kier molecular flexibility index (Phi) is 4.81. The molecule has 0 bridgehead atoms. The fourth-order valence-corrected chi connectivity index (χ4v) is 2.02. The lowest BCUT2D eigenvalue weighted by atomic mass is 10.0. The summed E-state index contributed by atoms with van der Waals surface area (Å²) in [6, 6.07) is 0.207. The standard InChI is InChI=1S/C9H14Cl3NO2/c1-2-7-5-3-4-6-13(7)8(14)15-9(10,11)12/h7H,2-6H2,1H3. The Morgan fingerprint density at radius 3 is 2.67 bits per heavy atom. The molecule has 1 heterocycles. The van der Waals surface area contributed by atoms with Crippen molar-refractivity contribution < 1.29 is 9.53 Å². The molecular weight excluding hydrogens is 260 g/mol. The first-order valence-corrected chi connectivity index (χ1v) is 6.13. The number of piperidine rings is 1. The van der Waals surface area contributed by atoms with Crippen LogP contribution in [0.25, 0.3) is 0 Å². The highest BCUT2D eigenvalue weighted by molar-refractivity contribution is 6.66. The van der Waals surface area contributed by atoms with Crippen molar-refractivity contribution in [3.8, 4) is 0 Å². The average Bonchev–Trinajstić information content (AvgIpc) is 2.15. The van der Waals surface area contributed by atoms with Crippen molar-refractivity contribution >= 4 is 40.9 Å². The topological polar surface area (TPSA) is 29.5 Å². The zero-order valence-electron chi connectivity index (χ0n) is 8.51. The summed E-state index contributed by atoms with van der Waals surface area (Å²) in [6.45, 7) is 2.71. The van der Waals surface area contributed by atoms with Crippen LogP contribution in [0.2, 0.25) is 0 Å². The molecule has 3 nitrogen and oxygen atoms in total. The molecule has 88 valence electrons. The second-order valence-corrected chi connectivity index (χ2v) is 5.74. The van der Waals surface area contributed by atoms with Crippen molar-refractivity contribution in [3.05, 3.63) is 0 Å². The first-order chi connectivity index (χ1) is 6.94. The maximum absolute atomic E-state index is 11.6. The van der Waals surface area contributed by atoms with Crippen LogP contribution < -0.4 is 0 Å². The van der Waals surface area contributed by atoms with Gasteiger partial charge in [0.25, 0.3) is 0 Å². The number of carbonyl (C=O) groups excluding carboxylic acids is 1. The normalized spacial score (nSPS) is 22.7. The number of alkyl halides is 3. The summed E-state index contributed by atoms with van der Waals surface area (Å²) in [5, 5.41) is 0. The van der Waals surface area contributed by atoms with E-state index in [4.69, 9.17) is 39.5 Å². The van der Waals surface area contributed by atoms with Gasteiger partial charge < -0.3 is 9.64 Å². The summed E-state index contributed by atoms with van der Waals surface area (Å²) >= 11 is 16.2. The van der Waals surface area contributed by atoms with E-state index in [9.17, 15) is 4.79 Å². The second kappa shape index (κ2) is 5.46. The molecule has 1 saturated heterocycles. The number of amides is 1. The quantitative estimate of drug-likeness (QED) is 0.682. The molecule has 0 N–H and O–H groups in total. The number of hydrogen-bond donors (Lipinski definition) is 0. The summed E-state index contributed by atoms with van der Waals surface area (Å²) in [5.74, 6) is 0. The van der Waals surface area contributed by atoms with E-state index < -0.39 is 10.1 Å². The largest absolute Gasteiger partial charge is 0.413 e. The van der Waals surface area contributed by atoms with Gasteiger partial charge >= 0.3 is 10.1 Å². The Bertz CT molecular complexity index is 230. The lowest BCUT2D eigenvalue weighted by Crippen LogP contribution is -2.44. The Hall–Kier alpha value is 0.140. The fourth-order valence-electron chi connectivity index (χ4n) is 1.82. The SMILES string of the molecule is CCC1CCCCN1C(=O)OC(Cl)(Cl)Cl. The molecule has 0 spiro atoms. The predicted octanol–water partition coefficient (Wildman–Crippen LogP) is 3.72. The lowest BCUT2D eigenvalue weighted by molar-refractivity contribution is 0.0702. The molecule has 1 atom stereocenters. The van der Waals surface area contributed by atoms with Crippen LogP contribution in [0.5, 0.6) is 0 Å². The van der Waals surface area contributed by atoms with Gasteiger partial charge in [-0.3, -0.25) is 0 Å². The molecule has 1 amide bonds. The third-order valence-corrected chi connectivity index (χ3v) is 2.77. The summed E-state index contributed by atoms with van der Waals surface area (Å²) in [6.07, 6.45) is 3.46. The van der Waals surface area contributed by atoms with Crippen LogP contribution >= 0.6 is 34.8 Å². The maximum Gasteiger partial charge on any atom is 0.413 e. The van der Waals surface area contributed by atoms with Crippen molar-refractivity contribution in [2.24, 2.45) is 0 Å². The minimum absolute atomic E-state index is 0.207. The van der Waals surface area contributed by atoms with Crippen molar-refractivity contribution in [3.63, 3.8) is 0 Å². The summed E-state index contributed by atoms with van der Waals surface area (Å²) in [5.41, 5.74) is 0. The smallest absolute Gasteiger partial charge is 0.398 e. The van der Waals surface area contributed by atoms with Crippen molar-refractivity contribution in [2.75, 3.05) is 6.54 Å². The molecule has 0 saturated carbocycles. The number of likely N-dealkylation sites (tertiary alicyclic amines) is 1. The number of nitrogens with zero attached hydrogens (tertiary/aromatic N) is 1. The van der Waals surface area contributed by atoms with E-state index in [0.717, 1.165) is 25.7 Å². The molecule has 0 aliphatic carbocycles. The van der Waals surface area contributed by atoms with E-state index in [1.165, 1.54) is 0 Å². The highest BCUT2D eigenvalue weighted by Gasteiger charge is 2.32. The second-order valence-electron chi connectivity index (χ2n) is 3.56. The lowest BCUT2D eigenvalue weighted by Gasteiger charge is -2.34. The Labute approximate surface area is 105 Å². The number of ether oxygens (including phenoxy) is 1. The summed E-state index contributed by atoms with van der Waals surface area (Å²) in [4.78, 5) is 13.3. The zero-order chi connectivity index (χ0) is 11.5. The van der Waals surface area contributed by atoms with Crippen LogP contribution in [0.15, 0.2) is 0 Å². The van der Waals surface area contributed by atoms with Crippen LogP contribution in [0.4, 0.5) is 4.79 Å². The zero-order valence-corrected chi connectivity index (χ0v) is 10.8. The Morgan fingerprint density at radius 2 is 2.13 bits per heavy atom. The molecule has 0 aromatic heterocycles. The van der Waals surface area contributed by atoms with Gasteiger partial charge in [0.15, 0.2) is 0 Å². The van der Waals surface area contributed by atoms with Gasteiger partial charge in [-0.15, -0.1) is 0 Å². The molecular formula is C9H14Cl3NO2. The molecule has 0 aromatic carbocycles. The Balaban J connectivity index is 2.56. The van der Waals surface area contributed by atoms with Crippen LogP contribution in [0.3, 0.4) is 0 Å². The fraction of sp³-hybridized carbons (Fsp3) is 0.889. The van der Waals surface area contributed by atoms with E-state index >= 15 is 0 Å². The number of halogens is 3. The van der Waals surface area contributed by atoms with Crippen LogP contribution in [0.1, 0.15) is 32.6 Å². The van der Waals surface area contributed by atoms with Gasteiger partial charge in [-0.1, -0.05) is 6.92 Å². The minimum Gasteiger partial charge on any atom is -0.398 e. The van der Waals surface area contributed by atoms with E-state index in [1.807, 2.05) is 6.92 Å². The highest BCUT2D eigenvalue weighted by atomic mass is 35.6. The molecule has 15 heavy (non-hydrogen) atoms. The Morgan fingerprint density at radius 1 is 1.47 bits per heavy atom. The molecule has 0 radical (unpaired) electrons. The molecule has 6 heteroatoms. The van der Waals surface area contributed by atoms with Crippen LogP contribution in [0, 0.1) is 0 Å². The minimum atomic E-state index is -1.97. The first kappa shape index (κ1) is 13.2. The van der Waals surface area contributed by atoms with Gasteiger partial charge in [0.2, 0.25) is 0 Å². The number of rotatable bonds is 1. The summed E-state index contributed by atoms with van der Waals surface area (Å²) in [7, 11) is 0. The van der Waals surface area contributed by atoms with Crippen LogP contribution in [-0.2, 0) is 4.74 Å². The van der Waals surface area contributed by atoms with Crippen molar-refractivity contribution in [2.45, 2.75) is 42.6 Å². The first-order valence-electron chi connectivity index (χ1n) is 5.00.